The maximum atomic E-state index is 14.5. The molecule has 2 saturated heterocycles. The molecule has 50 heavy (non-hydrogen) atoms. The topological polar surface area (TPSA) is 182 Å². The Labute approximate surface area is 292 Å². The van der Waals surface area contributed by atoms with Gasteiger partial charge in [0, 0.05) is 37.3 Å². The van der Waals surface area contributed by atoms with Crippen molar-refractivity contribution in [3.05, 3.63) is 35.4 Å². The average molecular weight is 696 g/mol. The van der Waals surface area contributed by atoms with E-state index < -0.39 is 64.8 Å². The van der Waals surface area contributed by atoms with Gasteiger partial charge in [0.1, 0.15) is 18.2 Å². The van der Waals surface area contributed by atoms with Crippen LogP contribution in [0.2, 0.25) is 0 Å². The number of ketones is 2. The fourth-order valence-electron chi connectivity index (χ4n) is 6.53. The van der Waals surface area contributed by atoms with Gasteiger partial charge in [0.2, 0.25) is 17.6 Å². The van der Waals surface area contributed by atoms with Crippen molar-refractivity contribution in [3.63, 3.8) is 0 Å². The Kier molecular flexibility index (Phi) is 11.3. The van der Waals surface area contributed by atoms with Crippen molar-refractivity contribution in [2.45, 2.75) is 122 Å². The van der Waals surface area contributed by atoms with Crippen molar-refractivity contribution in [2.75, 3.05) is 19.8 Å². The lowest BCUT2D eigenvalue weighted by Crippen LogP contribution is -2.59. The summed E-state index contributed by atoms with van der Waals surface area (Å²) in [4.78, 5) is 87.0. The number of hydrogen-bond donors (Lipinski definition) is 3. The molecule has 4 aliphatic rings. The summed E-state index contributed by atoms with van der Waals surface area (Å²) in [5, 5.41) is 12.5. The van der Waals surface area contributed by atoms with Crippen LogP contribution in [0.5, 0.6) is 0 Å². The van der Waals surface area contributed by atoms with Gasteiger partial charge >= 0.3 is 6.09 Å². The zero-order valence-electron chi connectivity index (χ0n) is 29.5. The third-order valence-corrected chi connectivity index (χ3v) is 9.57. The lowest BCUT2D eigenvalue weighted by molar-refractivity contribution is -0.144. The van der Waals surface area contributed by atoms with Crippen LogP contribution >= 0.6 is 0 Å². The van der Waals surface area contributed by atoms with E-state index in [1.165, 1.54) is 4.90 Å². The third kappa shape index (κ3) is 8.69. The van der Waals surface area contributed by atoms with Crippen LogP contribution in [0.3, 0.4) is 0 Å². The first kappa shape index (κ1) is 36.9. The van der Waals surface area contributed by atoms with Crippen molar-refractivity contribution in [1.82, 2.24) is 20.9 Å². The van der Waals surface area contributed by atoms with E-state index in [2.05, 4.69) is 21.1 Å². The molecule has 5 rings (SSSR count). The minimum Gasteiger partial charge on any atom is -0.444 e. The molecule has 3 fully saturated rings. The number of likely N-dealkylation sites (tertiary alicyclic amines) is 1. The number of Topliss-reactive ketones (excluding diaryl/α,β-unsaturated/α-hetero) is 2. The fourth-order valence-corrected chi connectivity index (χ4v) is 6.53. The van der Waals surface area contributed by atoms with Gasteiger partial charge in [-0.15, -0.1) is 0 Å². The van der Waals surface area contributed by atoms with E-state index in [0.29, 0.717) is 37.1 Å². The van der Waals surface area contributed by atoms with Gasteiger partial charge in [0.05, 0.1) is 31.5 Å². The summed E-state index contributed by atoms with van der Waals surface area (Å²) in [6.07, 6.45) is 2.41. The number of oxime groups is 1. The Morgan fingerprint density at radius 2 is 1.76 bits per heavy atom. The number of carbonyl (C=O) groups is 6. The monoisotopic (exact) mass is 695 g/mol. The Bertz CT molecular complexity index is 1510. The molecule has 0 bridgehead atoms. The Hall–Kier alpha value is -4.33. The molecular weight excluding hydrogens is 646 g/mol. The van der Waals surface area contributed by atoms with E-state index >= 15 is 0 Å². The first-order valence-electron chi connectivity index (χ1n) is 17.6. The highest BCUT2D eigenvalue weighted by atomic mass is 16.7. The van der Waals surface area contributed by atoms with Crippen LogP contribution in [0.4, 0.5) is 4.79 Å². The van der Waals surface area contributed by atoms with E-state index in [4.69, 9.17) is 14.3 Å². The molecule has 14 nitrogen and oxygen atoms in total. The largest absolute Gasteiger partial charge is 0.444 e. The summed E-state index contributed by atoms with van der Waals surface area (Å²) in [6.45, 7) is 9.74. The second-order valence-electron chi connectivity index (χ2n) is 14.8. The predicted molar refractivity (Wildman–Crippen MR) is 181 cm³/mol. The molecule has 1 saturated carbocycles. The zero-order valence-corrected chi connectivity index (χ0v) is 29.5. The van der Waals surface area contributed by atoms with E-state index in [-0.39, 0.29) is 44.2 Å². The van der Waals surface area contributed by atoms with Crippen molar-refractivity contribution in [1.29, 1.82) is 0 Å². The van der Waals surface area contributed by atoms with Crippen LogP contribution in [0.15, 0.2) is 29.4 Å². The minimum atomic E-state index is -1.11. The summed E-state index contributed by atoms with van der Waals surface area (Å²) in [5.41, 5.74) is 0.0433. The van der Waals surface area contributed by atoms with Crippen LogP contribution in [0.1, 0.15) is 102 Å². The Balaban J connectivity index is 1.38. The number of amides is 4. The molecule has 272 valence electrons. The maximum absolute atomic E-state index is 14.5. The van der Waals surface area contributed by atoms with Gasteiger partial charge in [0.15, 0.2) is 11.4 Å². The number of benzene rings is 1. The van der Waals surface area contributed by atoms with Gasteiger partial charge < -0.3 is 35.2 Å². The van der Waals surface area contributed by atoms with Crippen molar-refractivity contribution in [2.24, 2.45) is 10.6 Å². The molecule has 3 heterocycles. The van der Waals surface area contributed by atoms with E-state index in [9.17, 15) is 28.8 Å². The lowest BCUT2D eigenvalue weighted by atomic mass is 9.85. The second-order valence-corrected chi connectivity index (χ2v) is 14.8. The van der Waals surface area contributed by atoms with Gasteiger partial charge in [0.25, 0.3) is 5.91 Å². The number of carbonyl (C=O) groups excluding carboxylic acids is 6. The molecule has 5 atom stereocenters. The number of nitrogens with zero attached hydrogens (tertiary/aromatic N) is 2. The molecule has 0 radical (unpaired) electrons. The molecule has 1 spiro atoms. The lowest BCUT2D eigenvalue weighted by Gasteiger charge is -2.35. The number of rotatable bonds is 13. The normalized spacial score (nSPS) is 24.2. The highest BCUT2D eigenvalue weighted by molar-refractivity contribution is 6.38. The molecular formula is C36H49N5O9. The fraction of sp³-hybridized carbons (Fsp3) is 0.639. The maximum Gasteiger partial charge on any atom is 0.408 e. The Morgan fingerprint density at radius 1 is 1.04 bits per heavy atom. The number of hydrogen-bond acceptors (Lipinski definition) is 10. The molecule has 4 amide bonds. The van der Waals surface area contributed by atoms with E-state index in [1.54, 1.807) is 52.0 Å². The zero-order chi connectivity index (χ0) is 36.2. The van der Waals surface area contributed by atoms with Crippen molar-refractivity contribution < 1.29 is 43.1 Å². The summed E-state index contributed by atoms with van der Waals surface area (Å²) < 4.78 is 10.8. The smallest absolute Gasteiger partial charge is 0.408 e. The van der Waals surface area contributed by atoms with Crippen molar-refractivity contribution in [3.8, 4) is 0 Å². The van der Waals surface area contributed by atoms with Gasteiger partial charge in [-0.2, -0.15) is 0 Å². The molecule has 1 aliphatic carbocycles. The van der Waals surface area contributed by atoms with E-state index in [0.717, 1.165) is 18.4 Å². The van der Waals surface area contributed by atoms with Crippen LogP contribution in [-0.2, 0) is 33.5 Å². The SMILES string of the molecule is CCC[C@H](NC(=O)[C@@H]1C[C@]2(CC(c3ccc(C(=O)CC)cc3)=NO2)CN1C(=O)[C@@H](NC(=O)O[C@H]1CCOC1)C(C)(C)C)C(=O)C(=O)NC1CC1. The summed E-state index contributed by atoms with van der Waals surface area (Å²) >= 11 is 0. The van der Waals surface area contributed by atoms with Gasteiger partial charge in [-0.05, 0) is 30.2 Å². The predicted octanol–water partition coefficient (Wildman–Crippen LogP) is 2.81. The van der Waals surface area contributed by atoms with Crippen LogP contribution in [0, 0.1) is 5.41 Å². The van der Waals surface area contributed by atoms with Crippen molar-refractivity contribution >= 4 is 41.1 Å². The third-order valence-electron chi connectivity index (χ3n) is 9.57. The molecule has 0 aromatic heterocycles. The van der Waals surface area contributed by atoms with Crippen LogP contribution in [0.25, 0.3) is 0 Å². The van der Waals surface area contributed by atoms with E-state index in [1.807, 2.05) is 6.92 Å². The van der Waals surface area contributed by atoms with Crippen LogP contribution in [-0.4, -0.2) is 102 Å². The number of alkyl carbamates (subject to hydrolysis) is 1. The van der Waals surface area contributed by atoms with Gasteiger partial charge in [-0.1, -0.05) is 70.5 Å². The Morgan fingerprint density at radius 3 is 2.36 bits per heavy atom. The first-order chi connectivity index (χ1) is 23.7. The highest BCUT2D eigenvalue weighted by Crippen LogP contribution is 2.40. The summed E-state index contributed by atoms with van der Waals surface area (Å²) in [5.74, 6) is -2.60. The molecule has 3 N–H and O–H groups in total. The standard InChI is InChI=1S/C36H49N5O9/c1-6-8-25(29(43)32(45)37-23-13-14-23)38-31(44)27-18-36(17-26(40-50-36)21-9-11-22(12-10-21)28(42)7-2)20-41(27)33(46)30(35(3,4)5)39-34(47)49-24-15-16-48-19-24/h9-12,23-25,27,30H,6-8,13-20H2,1-5H3,(H,37,45)(H,38,44)(H,39,47)/t24-,25-,27-,30+,36+/m0/s1. The minimum absolute atomic E-state index is 0.0174. The molecule has 3 aliphatic heterocycles. The number of ether oxygens (including phenoxy) is 2. The van der Waals surface area contributed by atoms with Gasteiger partial charge in [-0.25, -0.2) is 4.79 Å². The number of nitrogens with one attached hydrogen (secondary N) is 3. The average Bonchev–Trinajstić information content (AvgIpc) is 3.43. The summed E-state index contributed by atoms with van der Waals surface area (Å²) in [6, 6.07) is 3.74. The summed E-state index contributed by atoms with van der Waals surface area (Å²) in [7, 11) is 0. The van der Waals surface area contributed by atoms with Crippen LogP contribution < -0.4 is 16.0 Å². The molecule has 1 aromatic carbocycles. The first-order valence-corrected chi connectivity index (χ1v) is 17.6. The quantitative estimate of drug-likeness (QED) is 0.207. The second kappa shape index (κ2) is 15.3. The molecule has 0 unspecified atom stereocenters. The molecule has 14 heteroatoms. The molecule has 1 aromatic rings. The van der Waals surface area contributed by atoms with Gasteiger partial charge in [-0.3, -0.25) is 24.0 Å². The highest BCUT2D eigenvalue weighted by Gasteiger charge is 2.56.